The van der Waals surface area contributed by atoms with Crippen LogP contribution in [0.4, 0.5) is 4.39 Å². The van der Waals surface area contributed by atoms with Gasteiger partial charge in [-0.05, 0) is 66.6 Å². The second kappa shape index (κ2) is 11.5. The minimum absolute atomic E-state index is 0. The second-order valence-corrected chi connectivity index (χ2v) is 8.78. The molecule has 0 radical (unpaired) electrons. The number of nitrogens with one attached hydrogen (secondary N) is 1. The summed E-state index contributed by atoms with van der Waals surface area (Å²) in [4.78, 5) is 0.0982. The van der Waals surface area contributed by atoms with Gasteiger partial charge < -0.3 is 10.1 Å². The average molecular weight is 485 g/mol. The van der Waals surface area contributed by atoms with Crippen molar-refractivity contribution in [2.24, 2.45) is 5.14 Å². The third-order valence-corrected chi connectivity index (χ3v) is 5.65. The summed E-state index contributed by atoms with van der Waals surface area (Å²) in [6, 6.07) is 18.1. The highest BCUT2D eigenvalue weighted by molar-refractivity contribution is 7.89. The van der Waals surface area contributed by atoms with Crippen LogP contribution in [0.25, 0.3) is 0 Å². The van der Waals surface area contributed by atoms with Crippen molar-refractivity contribution in [1.29, 1.82) is 0 Å². The van der Waals surface area contributed by atoms with E-state index in [1.54, 1.807) is 30.3 Å². The number of primary sulfonamides is 1. The summed E-state index contributed by atoms with van der Waals surface area (Å²) in [5.74, 6) is 0.420. The quantitative estimate of drug-likeness (QED) is 0.439. The van der Waals surface area contributed by atoms with E-state index in [-0.39, 0.29) is 23.1 Å². The monoisotopic (exact) mass is 484 g/mol. The summed E-state index contributed by atoms with van der Waals surface area (Å²) in [5, 5.41) is 9.06. The molecule has 31 heavy (non-hydrogen) atoms. The fourth-order valence-corrected chi connectivity index (χ4v) is 3.58. The number of halogens is 3. The number of hydrogen-bond acceptors (Lipinski definition) is 4. The summed E-state index contributed by atoms with van der Waals surface area (Å²) >= 11 is 6.13. The van der Waals surface area contributed by atoms with Gasteiger partial charge in [-0.1, -0.05) is 35.9 Å². The van der Waals surface area contributed by atoms with Crippen LogP contribution in [0.5, 0.6) is 5.75 Å². The molecule has 3 rings (SSSR count). The molecule has 0 unspecified atom stereocenters. The van der Waals surface area contributed by atoms with Crippen LogP contribution in [0.15, 0.2) is 71.6 Å². The predicted molar refractivity (Wildman–Crippen MR) is 123 cm³/mol. The van der Waals surface area contributed by atoms with Crippen molar-refractivity contribution in [2.45, 2.75) is 24.5 Å². The maximum atomic E-state index is 13.0. The summed E-state index contributed by atoms with van der Waals surface area (Å²) in [5.41, 5.74) is 2.77. The lowest BCUT2D eigenvalue weighted by Crippen LogP contribution is -2.17. The summed E-state index contributed by atoms with van der Waals surface area (Å²) in [6.07, 6.45) is 0.719. The number of nitrogens with two attached hydrogens (primary N) is 1. The maximum absolute atomic E-state index is 13.0. The van der Waals surface area contributed by atoms with E-state index in [0.717, 1.165) is 23.1 Å². The first-order valence-electron chi connectivity index (χ1n) is 9.29. The maximum Gasteiger partial charge on any atom is 0.238 e. The van der Waals surface area contributed by atoms with Crippen molar-refractivity contribution in [3.8, 4) is 5.75 Å². The molecule has 0 aliphatic carbocycles. The van der Waals surface area contributed by atoms with Crippen LogP contribution < -0.4 is 15.2 Å². The average Bonchev–Trinajstić information content (AvgIpc) is 2.71. The Morgan fingerprint density at radius 2 is 1.61 bits per heavy atom. The molecule has 5 nitrogen and oxygen atoms in total. The van der Waals surface area contributed by atoms with Crippen molar-refractivity contribution in [3.05, 3.63) is 94.3 Å². The normalized spacial score (nSPS) is 11.1. The molecule has 0 saturated heterocycles. The second-order valence-electron chi connectivity index (χ2n) is 6.78. The molecule has 0 aliphatic rings. The van der Waals surface area contributed by atoms with E-state index in [4.69, 9.17) is 21.5 Å². The molecule has 0 spiro atoms. The molecule has 0 fully saturated rings. The molecule has 0 heterocycles. The highest BCUT2D eigenvalue weighted by Crippen LogP contribution is 2.24. The molecule has 0 aliphatic heterocycles. The van der Waals surface area contributed by atoms with Crippen molar-refractivity contribution in [2.75, 3.05) is 6.54 Å². The van der Waals surface area contributed by atoms with Crippen molar-refractivity contribution in [1.82, 2.24) is 5.32 Å². The minimum atomic E-state index is -3.68. The molecular weight excluding hydrogens is 462 g/mol. The molecule has 0 bridgehead atoms. The molecule has 3 N–H and O–H groups in total. The van der Waals surface area contributed by atoms with Gasteiger partial charge in [-0.15, -0.1) is 12.4 Å². The van der Waals surface area contributed by atoms with Gasteiger partial charge >= 0.3 is 0 Å². The Morgan fingerprint density at radius 1 is 0.968 bits per heavy atom. The molecule has 166 valence electrons. The van der Waals surface area contributed by atoms with Crippen molar-refractivity contribution < 1.29 is 17.5 Å². The van der Waals surface area contributed by atoms with Gasteiger partial charge in [-0.3, -0.25) is 0 Å². The van der Waals surface area contributed by atoms with E-state index in [1.807, 2.05) is 12.1 Å². The zero-order valence-electron chi connectivity index (χ0n) is 16.6. The molecule has 0 saturated carbocycles. The van der Waals surface area contributed by atoms with Gasteiger partial charge in [0.25, 0.3) is 0 Å². The minimum Gasteiger partial charge on any atom is -0.489 e. The van der Waals surface area contributed by atoms with Crippen molar-refractivity contribution >= 4 is 34.0 Å². The number of benzene rings is 3. The standard InChI is InChI=1S/C22H22ClFN2O3S.ClH/c23-19-5-10-22(29-15-17-1-6-20(24)7-2-17)18(13-19)14-26-12-11-16-3-8-21(9-4-16)30(25,27)28;/h1-10,13,26H,11-12,14-15H2,(H2,25,27,28);1H. The number of rotatable bonds is 9. The SMILES string of the molecule is Cl.NS(=O)(=O)c1ccc(CCNCc2cc(Cl)ccc2OCc2ccc(F)cc2)cc1. The summed E-state index contributed by atoms with van der Waals surface area (Å²) < 4.78 is 41.5. The first-order valence-corrected chi connectivity index (χ1v) is 11.2. The number of hydrogen-bond donors (Lipinski definition) is 2. The van der Waals surface area contributed by atoms with Crippen LogP contribution in [0.1, 0.15) is 16.7 Å². The zero-order chi connectivity index (χ0) is 21.6. The third kappa shape index (κ3) is 7.79. The van der Waals surface area contributed by atoms with Gasteiger partial charge in [-0.25, -0.2) is 17.9 Å². The van der Waals surface area contributed by atoms with Crippen LogP contribution >= 0.6 is 24.0 Å². The van der Waals surface area contributed by atoms with Crippen LogP contribution in [0.3, 0.4) is 0 Å². The Balaban J connectivity index is 0.00000341. The highest BCUT2D eigenvalue weighted by Gasteiger charge is 2.08. The Labute approximate surface area is 192 Å². The Morgan fingerprint density at radius 3 is 2.26 bits per heavy atom. The predicted octanol–water partition coefficient (Wildman–Crippen LogP) is 4.46. The zero-order valence-corrected chi connectivity index (χ0v) is 18.9. The van der Waals surface area contributed by atoms with Gasteiger partial charge in [0.2, 0.25) is 10.0 Å². The number of ether oxygens (including phenoxy) is 1. The van der Waals surface area contributed by atoms with E-state index >= 15 is 0 Å². The molecule has 0 aromatic heterocycles. The lowest BCUT2D eigenvalue weighted by atomic mass is 10.1. The fraction of sp³-hybridized carbons (Fsp3) is 0.182. The van der Waals surface area contributed by atoms with Crippen molar-refractivity contribution in [3.63, 3.8) is 0 Å². The van der Waals surface area contributed by atoms with E-state index < -0.39 is 10.0 Å². The first kappa shape index (κ1) is 25.1. The Kier molecular flexibility index (Phi) is 9.28. The molecule has 9 heteroatoms. The lowest BCUT2D eigenvalue weighted by Gasteiger charge is -2.13. The van der Waals surface area contributed by atoms with Gasteiger partial charge in [-0.2, -0.15) is 0 Å². The van der Waals surface area contributed by atoms with Crippen LogP contribution in [-0.4, -0.2) is 15.0 Å². The molecule has 0 amide bonds. The van der Waals surface area contributed by atoms with Crippen LogP contribution in [-0.2, 0) is 29.6 Å². The van der Waals surface area contributed by atoms with Crippen LogP contribution in [0.2, 0.25) is 5.02 Å². The summed E-state index contributed by atoms with van der Waals surface area (Å²) in [6.45, 7) is 1.55. The topological polar surface area (TPSA) is 81.4 Å². The molecule has 0 atom stereocenters. The van der Waals surface area contributed by atoms with Crippen LogP contribution in [0, 0.1) is 5.82 Å². The first-order chi connectivity index (χ1) is 14.3. The van der Waals surface area contributed by atoms with E-state index in [0.29, 0.717) is 30.5 Å². The third-order valence-electron chi connectivity index (χ3n) is 4.49. The van der Waals surface area contributed by atoms with Gasteiger partial charge in [0.15, 0.2) is 0 Å². The molecule has 3 aromatic carbocycles. The van der Waals surface area contributed by atoms with Gasteiger partial charge in [0.05, 0.1) is 4.90 Å². The highest BCUT2D eigenvalue weighted by atomic mass is 35.5. The molecule has 3 aromatic rings. The fourth-order valence-electron chi connectivity index (χ4n) is 2.87. The Hall–Kier alpha value is -2.16. The van der Waals surface area contributed by atoms with Gasteiger partial charge in [0.1, 0.15) is 18.2 Å². The van der Waals surface area contributed by atoms with Gasteiger partial charge in [0, 0.05) is 17.1 Å². The Bertz CT molecular complexity index is 1090. The van der Waals surface area contributed by atoms with E-state index in [1.165, 1.54) is 24.3 Å². The smallest absolute Gasteiger partial charge is 0.238 e. The molecular formula is C22H23Cl2FN2O3S. The number of sulfonamides is 1. The lowest BCUT2D eigenvalue weighted by molar-refractivity contribution is 0.302. The van der Waals surface area contributed by atoms with E-state index in [2.05, 4.69) is 5.32 Å². The summed E-state index contributed by atoms with van der Waals surface area (Å²) in [7, 11) is -3.68. The largest absolute Gasteiger partial charge is 0.489 e. The van der Waals surface area contributed by atoms with E-state index in [9.17, 15) is 12.8 Å².